The summed E-state index contributed by atoms with van der Waals surface area (Å²) in [5.41, 5.74) is -0.195. The summed E-state index contributed by atoms with van der Waals surface area (Å²) in [5.74, 6) is -1.62. The number of carbonyl (C=O) groups excluding carboxylic acids is 2. The first-order chi connectivity index (χ1) is 13.9. The molecule has 29 heavy (non-hydrogen) atoms. The minimum Gasteiger partial charge on any atom is -0.387 e. The smallest absolute Gasteiger partial charge is 0.331 e. The number of hydrogen-bond acceptors (Lipinski definition) is 7. The number of amides is 2. The Balaban J connectivity index is 1.87. The molecule has 1 N–H and O–H groups in total. The summed E-state index contributed by atoms with van der Waals surface area (Å²) in [4.78, 5) is 27.6. The summed E-state index contributed by atoms with van der Waals surface area (Å²) in [5, 5.41) is 6.59. The Labute approximate surface area is 178 Å². The van der Waals surface area contributed by atoms with Crippen molar-refractivity contribution in [3.63, 3.8) is 0 Å². The molecule has 0 atom stereocenters. The summed E-state index contributed by atoms with van der Waals surface area (Å²) in [6.07, 6.45) is 3.64. The molecular weight excluding hydrogens is 430 g/mol. The standard InChI is InChI=1S/C19H21N3O4S3/c1-2-9-20-14-17-18(23)21(10-7-15-5-3-12-27-15)29(25,26)22(19(17)24)11-8-16-6-4-13-28-16/h2-6,12-14,20H,1,7-11H2. The quantitative estimate of drug-likeness (QED) is 0.273. The maximum atomic E-state index is 13.1. The molecule has 3 heterocycles. The van der Waals surface area contributed by atoms with Gasteiger partial charge in [-0.15, -0.1) is 29.3 Å². The van der Waals surface area contributed by atoms with E-state index in [4.69, 9.17) is 0 Å². The lowest BCUT2D eigenvalue weighted by Crippen LogP contribution is -2.57. The fourth-order valence-electron chi connectivity index (χ4n) is 2.82. The lowest BCUT2D eigenvalue weighted by Gasteiger charge is -2.35. The van der Waals surface area contributed by atoms with Gasteiger partial charge in [-0.25, -0.2) is 8.61 Å². The van der Waals surface area contributed by atoms with Crippen LogP contribution in [0.15, 0.2) is 59.5 Å². The molecule has 7 nitrogen and oxygen atoms in total. The first-order valence-corrected chi connectivity index (χ1v) is 12.1. The lowest BCUT2D eigenvalue weighted by molar-refractivity contribution is -0.131. The Kier molecular flexibility index (Phi) is 6.88. The summed E-state index contributed by atoms with van der Waals surface area (Å²) in [6.45, 7) is 3.87. The molecule has 0 aliphatic carbocycles. The molecule has 2 amide bonds. The largest absolute Gasteiger partial charge is 0.387 e. The van der Waals surface area contributed by atoms with Crippen LogP contribution in [-0.4, -0.2) is 48.5 Å². The van der Waals surface area contributed by atoms with Gasteiger partial charge in [-0.3, -0.25) is 9.59 Å². The highest BCUT2D eigenvalue weighted by Crippen LogP contribution is 2.24. The van der Waals surface area contributed by atoms with Crippen molar-refractivity contribution >= 4 is 44.7 Å². The van der Waals surface area contributed by atoms with Gasteiger partial charge in [0.1, 0.15) is 5.57 Å². The van der Waals surface area contributed by atoms with E-state index in [0.29, 0.717) is 19.4 Å². The number of nitrogens with zero attached hydrogens (tertiary/aromatic N) is 2. The Morgan fingerprint density at radius 3 is 1.90 bits per heavy atom. The summed E-state index contributed by atoms with van der Waals surface area (Å²) in [7, 11) is -4.24. The van der Waals surface area contributed by atoms with Crippen molar-refractivity contribution in [3.05, 3.63) is 69.2 Å². The normalized spacial score (nSPS) is 16.2. The maximum Gasteiger partial charge on any atom is 0.331 e. The van der Waals surface area contributed by atoms with Crippen LogP contribution in [0.3, 0.4) is 0 Å². The molecule has 1 fully saturated rings. The fourth-order valence-corrected chi connectivity index (χ4v) is 5.72. The van der Waals surface area contributed by atoms with Crippen molar-refractivity contribution in [2.45, 2.75) is 12.8 Å². The number of thiophene rings is 2. The first-order valence-electron chi connectivity index (χ1n) is 8.93. The molecule has 2 aromatic rings. The van der Waals surface area contributed by atoms with Gasteiger partial charge in [-0.05, 0) is 22.9 Å². The molecule has 0 unspecified atom stereocenters. The molecule has 3 rings (SSSR count). The topological polar surface area (TPSA) is 86.8 Å². The van der Waals surface area contributed by atoms with Crippen molar-refractivity contribution in [2.24, 2.45) is 0 Å². The van der Waals surface area contributed by atoms with E-state index in [-0.39, 0.29) is 18.7 Å². The molecule has 0 saturated carbocycles. The van der Waals surface area contributed by atoms with Crippen molar-refractivity contribution in [1.82, 2.24) is 13.9 Å². The molecule has 1 aliphatic rings. The summed E-state index contributed by atoms with van der Waals surface area (Å²) in [6, 6.07) is 7.50. The first kappa shape index (κ1) is 21.3. The van der Waals surface area contributed by atoms with Gasteiger partial charge in [0.25, 0.3) is 11.8 Å². The molecule has 0 bridgehead atoms. The minimum absolute atomic E-state index is 0.0245. The highest BCUT2D eigenvalue weighted by Gasteiger charge is 2.46. The Morgan fingerprint density at radius 2 is 1.48 bits per heavy atom. The Morgan fingerprint density at radius 1 is 0.966 bits per heavy atom. The molecule has 2 aromatic heterocycles. The molecule has 0 spiro atoms. The summed E-state index contributed by atoms with van der Waals surface area (Å²) < 4.78 is 27.8. The van der Waals surface area contributed by atoms with Crippen LogP contribution in [-0.2, 0) is 32.6 Å². The van der Waals surface area contributed by atoms with Gasteiger partial charge in [0.2, 0.25) is 0 Å². The number of hydrogen-bond donors (Lipinski definition) is 1. The van der Waals surface area contributed by atoms with E-state index in [1.165, 1.54) is 28.9 Å². The highest BCUT2D eigenvalue weighted by atomic mass is 32.2. The highest BCUT2D eigenvalue weighted by molar-refractivity contribution is 7.88. The second-order valence-corrected chi connectivity index (χ2v) is 10.0. The average Bonchev–Trinajstić information content (AvgIpc) is 3.38. The van der Waals surface area contributed by atoms with Crippen LogP contribution in [0.1, 0.15) is 9.75 Å². The van der Waals surface area contributed by atoms with E-state index in [9.17, 15) is 18.0 Å². The number of nitrogens with one attached hydrogen (secondary N) is 1. The molecular formula is C19H21N3O4S3. The summed E-state index contributed by atoms with van der Waals surface area (Å²) >= 11 is 2.98. The van der Waals surface area contributed by atoms with Gasteiger partial charge in [0.15, 0.2) is 0 Å². The molecule has 0 aromatic carbocycles. The zero-order valence-electron chi connectivity index (χ0n) is 15.6. The second-order valence-electron chi connectivity index (χ2n) is 6.18. The SMILES string of the molecule is C=CCNC=C1C(=O)N(CCc2cccs2)S(=O)(=O)N(CCc2cccs2)C1=O. The van der Waals surface area contributed by atoms with E-state index < -0.39 is 22.0 Å². The zero-order chi connectivity index (χ0) is 20.9. The van der Waals surface area contributed by atoms with Gasteiger partial charge < -0.3 is 5.32 Å². The second kappa shape index (κ2) is 9.38. The van der Waals surface area contributed by atoms with E-state index in [1.807, 2.05) is 35.0 Å². The number of rotatable bonds is 9. The van der Waals surface area contributed by atoms with Gasteiger partial charge >= 0.3 is 10.2 Å². The van der Waals surface area contributed by atoms with Crippen LogP contribution in [0, 0.1) is 0 Å². The Bertz CT molecular complexity index is 929. The molecule has 154 valence electrons. The van der Waals surface area contributed by atoms with E-state index in [0.717, 1.165) is 18.4 Å². The molecule has 10 heteroatoms. The molecule has 1 saturated heterocycles. The van der Waals surface area contributed by atoms with Crippen LogP contribution in [0.25, 0.3) is 0 Å². The average molecular weight is 452 g/mol. The third kappa shape index (κ3) is 4.77. The third-order valence-electron chi connectivity index (χ3n) is 4.26. The monoisotopic (exact) mass is 451 g/mol. The van der Waals surface area contributed by atoms with Gasteiger partial charge in [-0.2, -0.15) is 8.42 Å². The predicted molar refractivity (Wildman–Crippen MR) is 115 cm³/mol. The van der Waals surface area contributed by atoms with Gasteiger partial charge in [-0.1, -0.05) is 18.2 Å². The van der Waals surface area contributed by atoms with Crippen molar-refractivity contribution in [1.29, 1.82) is 0 Å². The minimum atomic E-state index is -4.24. The van der Waals surface area contributed by atoms with E-state index in [1.54, 1.807) is 6.08 Å². The van der Waals surface area contributed by atoms with Crippen LogP contribution in [0.2, 0.25) is 0 Å². The van der Waals surface area contributed by atoms with E-state index >= 15 is 0 Å². The van der Waals surface area contributed by atoms with Gasteiger partial charge in [0.05, 0.1) is 0 Å². The molecule has 1 aliphatic heterocycles. The molecule has 0 radical (unpaired) electrons. The third-order valence-corrected chi connectivity index (χ3v) is 7.95. The van der Waals surface area contributed by atoms with Crippen molar-refractivity contribution in [3.8, 4) is 0 Å². The van der Waals surface area contributed by atoms with Crippen LogP contribution in [0.5, 0.6) is 0 Å². The zero-order valence-corrected chi connectivity index (χ0v) is 18.1. The fraction of sp³-hybridized carbons (Fsp3) is 0.263. The van der Waals surface area contributed by atoms with Gasteiger partial charge in [0, 0.05) is 48.4 Å². The Hall–Kier alpha value is -2.43. The van der Waals surface area contributed by atoms with Crippen LogP contribution < -0.4 is 5.32 Å². The number of carbonyl (C=O) groups is 2. The van der Waals surface area contributed by atoms with Crippen LogP contribution in [0.4, 0.5) is 0 Å². The van der Waals surface area contributed by atoms with E-state index in [2.05, 4.69) is 11.9 Å². The predicted octanol–water partition coefficient (Wildman–Crippen LogP) is 2.17. The maximum absolute atomic E-state index is 13.1. The van der Waals surface area contributed by atoms with Crippen molar-refractivity contribution in [2.75, 3.05) is 19.6 Å². The lowest BCUT2D eigenvalue weighted by atomic mass is 10.2. The van der Waals surface area contributed by atoms with Crippen LogP contribution >= 0.6 is 22.7 Å². The van der Waals surface area contributed by atoms with Crippen molar-refractivity contribution < 1.29 is 18.0 Å².